The maximum atomic E-state index is 7.04. The molecule has 0 rings (SSSR count). The van der Waals surface area contributed by atoms with Crippen LogP contribution in [0.3, 0.4) is 0 Å². The van der Waals surface area contributed by atoms with Crippen LogP contribution in [0.4, 0.5) is 0 Å². The zero-order valence-electron chi connectivity index (χ0n) is 53.7. The van der Waals surface area contributed by atoms with E-state index in [1.807, 2.05) is 0 Å². The normalized spacial score (nSPS) is 9.90. The first-order valence-electron chi connectivity index (χ1n) is 30.7. The number of hydrogen-bond donors (Lipinski definition) is 0. The van der Waals surface area contributed by atoms with Gasteiger partial charge in [0.2, 0.25) is 0 Å². The predicted molar refractivity (Wildman–Crippen MR) is 533 cm³/mol. The van der Waals surface area contributed by atoms with Crippen molar-refractivity contribution in [2.24, 2.45) is 0 Å². The van der Waals surface area contributed by atoms with Gasteiger partial charge in [-0.2, -0.15) is 0 Å². The van der Waals surface area contributed by atoms with Gasteiger partial charge < -0.3 is 0 Å². The summed E-state index contributed by atoms with van der Waals surface area (Å²) in [7, 11) is 332. The van der Waals surface area contributed by atoms with Gasteiger partial charge in [-0.1, -0.05) is 0 Å². The first-order chi connectivity index (χ1) is 42.3. The van der Waals surface area contributed by atoms with Gasteiger partial charge in [0, 0.05) is 652 Å². The largest absolute Gasteiger partial charge is 0.146 e. The van der Waals surface area contributed by atoms with Crippen LogP contribution in [0.1, 0.15) is 0 Å². The minimum absolute atomic E-state index is 1.04. The molecule has 0 nitrogen and oxygen atoms in total. The molecule has 0 saturated carbocycles. The van der Waals surface area contributed by atoms with E-state index in [2.05, 4.69) is 0 Å². The van der Waals surface area contributed by atoms with Crippen molar-refractivity contribution in [2.45, 2.75) is 5.62 Å². The zero-order chi connectivity index (χ0) is 73.7. The third-order valence-corrected chi connectivity index (χ3v) is 19.8. The van der Waals surface area contributed by atoms with Gasteiger partial charge in [-0.05, 0) is 0 Å². The second-order valence-corrected chi connectivity index (χ2v) is 26.2. The van der Waals surface area contributed by atoms with Gasteiger partial charge in [-0.3, -0.25) is 0 Å². The van der Waals surface area contributed by atoms with Crippen LogP contribution in [-0.2, 0) is 0 Å². The summed E-state index contributed by atoms with van der Waals surface area (Å²) in [4.78, 5) is 0. The zero-order valence-corrected chi connectivity index (χ0v) is 53.7. The minimum atomic E-state index is -2.17. The fourth-order valence-electron chi connectivity index (χ4n) is 16.7. The first kappa shape index (κ1) is 99.0. The molecule has 0 N–H and O–H groups in total. The van der Waals surface area contributed by atoms with Gasteiger partial charge in [-0.25, -0.2) is 0 Å². The molecule has 0 amide bonds. The molecule has 0 atom stereocenters. The van der Waals surface area contributed by atoms with Crippen molar-refractivity contribution in [3.05, 3.63) is 0 Å². The van der Waals surface area contributed by atoms with Crippen molar-refractivity contribution in [1.29, 1.82) is 0 Å². The van der Waals surface area contributed by atoms with E-state index in [0.29, 0.717) is 0 Å². The van der Waals surface area contributed by atoms with Crippen molar-refractivity contribution >= 4 is 652 Å². The van der Waals surface area contributed by atoms with E-state index in [1.54, 1.807) is 0 Å². The van der Waals surface area contributed by atoms with Crippen molar-refractivity contribution in [3.8, 4) is 0 Å². The molecule has 0 aliphatic heterocycles. The van der Waals surface area contributed by atoms with Gasteiger partial charge in [0.05, 0.1) is 0 Å². The van der Waals surface area contributed by atoms with Crippen LogP contribution in [0.25, 0.3) is 0 Å². The highest BCUT2D eigenvalue weighted by Crippen LogP contribution is 2.37. The van der Waals surface area contributed by atoms with Crippen LogP contribution >= 0.6 is 0 Å². The third-order valence-electron chi connectivity index (χ3n) is 19.8. The van der Waals surface area contributed by atoms with E-state index in [4.69, 9.17) is 364 Å². The Hall–Kier alpha value is 5.97. The SMILES string of the molecule is [B][B]B(B([B])[B])B(B(B([B])[B])B([B])[B])B(B(B(B([B])[B])B([B])[B])B(B([B])[B])B([B])[B])C(B(B(B(B([B])[B])B([B])[B])B(B([B])[B])B([B])[B])B(B(B([B])[B])B([B])[B])B(B([B])[B])B([B])[B])B(B(B(B([B])[B])B([B])[B])B(B([B])[B])B([B])[B])B(B(B([B])[B])B([B])[B])B(B([B])[B])B([B])[B]. The standard InChI is InChI=1S/CHB92/c2-49-76(53(3)4)77(83(54(5)6)55(7)8)50(78(84(56(9)10)57(11)12)85(58(13)14)59(15)16)1(51(79(86(60(17)18)61(19)20)87(62(21)22)63(23)24)80(88(64(25)26)65(27)28)89(66(29)30)67(31)32)52(81(90(68(33)34)69(35)36)91(70(37)38)71(39)40)82(92(72(41)42)73(43)44)93(74(45)46)75(47)48/h1H. The lowest BCUT2D eigenvalue weighted by molar-refractivity contribution is 1.80. The van der Waals surface area contributed by atoms with E-state index < -0.39 is 287 Å². The summed E-state index contributed by atoms with van der Waals surface area (Å²) in [6, 6.07) is 0. The maximum Gasteiger partial charge on any atom is 0.0294 e. The molecule has 0 spiro atoms. The first-order valence-corrected chi connectivity index (χ1v) is 30.7. The molecule has 0 aliphatic rings. The minimum Gasteiger partial charge on any atom is -0.146 e. The summed E-state index contributed by atoms with van der Waals surface area (Å²) in [5.41, 5.74) is -2.17. The Morgan fingerprint density at radius 3 is 0.312 bits per heavy atom. The Balaban J connectivity index is 14.1. The highest BCUT2D eigenvalue weighted by Gasteiger charge is 2.67. The molecule has 92 heteroatoms. The third kappa shape index (κ3) is 26.7. The summed E-state index contributed by atoms with van der Waals surface area (Å²) in [5, 5.41) is 0. The van der Waals surface area contributed by atoms with Crippen LogP contribution in [0.5, 0.6) is 0 Å². The molecule has 95 radical (unpaired) electrons. The molecule has 0 aromatic rings. The van der Waals surface area contributed by atoms with Crippen LogP contribution in [0, 0.1) is 0 Å². The molecule has 93 heavy (non-hydrogen) atoms. The van der Waals surface area contributed by atoms with E-state index in [1.165, 1.54) is 0 Å². The van der Waals surface area contributed by atoms with Crippen molar-refractivity contribution < 1.29 is 0 Å². The van der Waals surface area contributed by atoms with Gasteiger partial charge in [0.15, 0.2) is 0 Å². The summed E-state index contributed by atoms with van der Waals surface area (Å²) in [6.45, 7) is -6.21. The van der Waals surface area contributed by atoms with Crippen LogP contribution in [-0.4, -0.2) is 652 Å². The Morgan fingerprint density at radius 2 is 0.226 bits per heavy atom. The lowest BCUT2D eigenvalue weighted by Crippen LogP contribution is -2.96. The molecule has 0 saturated heterocycles. The van der Waals surface area contributed by atoms with E-state index in [0.717, 1.165) is 7.06 Å². The number of rotatable bonds is 45. The van der Waals surface area contributed by atoms with Gasteiger partial charge >= 0.3 is 0 Å². The molecule has 0 bridgehead atoms. The van der Waals surface area contributed by atoms with Crippen LogP contribution < -0.4 is 0 Å². The van der Waals surface area contributed by atoms with Crippen LogP contribution in [0.2, 0.25) is 5.62 Å². The lowest BCUT2D eigenvalue weighted by atomic mass is 8.26. The van der Waals surface area contributed by atoms with E-state index in [9.17, 15) is 0 Å². The molecule has 0 aliphatic carbocycles. The quantitative estimate of drug-likeness (QED) is 0.0533. The predicted octanol–water partition coefficient (Wildman–Crippen LogP) is -34.7. The fraction of sp³-hybridized carbons (Fsp3) is 1.00. The Morgan fingerprint density at radius 1 is 0.129 bits per heavy atom. The smallest absolute Gasteiger partial charge is 0.0294 e. The average molecular weight is 1010 g/mol. The maximum absolute atomic E-state index is 7.04. The van der Waals surface area contributed by atoms with Gasteiger partial charge in [-0.15, -0.1) is 5.62 Å². The molecule has 0 unspecified atom stereocenters. The fourth-order valence-corrected chi connectivity index (χ4v) is 16.7. The van der Waals surface area contributed by atoms with Gasteiger partial charge in [0.25, 0.3) is 0 Å². The lowest BCUT2D eigenvalue weighted by Gasteiger charge is -2.63. The topological polar surface area (TPSA) is 0 Å². The molecular formula is CHB92. The Kier molecular flexibility index (Phi) is 48.6. The second-order valence-electron chi connectivity index (χ2n) is 26.2. The average Bonchev–Trinajstić information content (AvgIpc) is 3.33. The summed E-state index contributed by atoms with van der Waals surface area (Å²) in [6.07, 6.45) is -73.2. The molecule has 0 aromatic carbocycles. The molecule has 0 aromatic heterocycles. The summed E-state index contributed by atoms with van der Waals surface area (Å²) >= 11 is 0. The molecule has 0 heterocycles. The monoisotopic (exact) mass is 1030 g/mol. The second kappa shape index (κ2) is 45.7. The van der Waals surface area contributed by atoms with Crippen molar-refractivity contribution in [3.63, 3.8) is 0 Å². The van der Waals surface area contributed by atoms with E-state index in [-0.39, 0.29) is 0 Å². The van der Waals surface area contributed by atoms with Gasteiger partial charge in [0.1, 0.15) is 0 Å². The molecular weight excluding hydrogens is 1010 g/mol. The van der Waals surface area contributed by atoms with Crippen molar-refractivity contribution in [1.82, 2.24) is 0 Å². The van der Waals surface area contributed by atoms with Crippen LogP contribution in [0.15, 0.2) is 0 Å². The summed E-state index contributed by atoms with van der Waals surface area (Å²) in [5.74, 6) is 0. The summed E-state index contributed by atoms with van der Waals surface area (Å²) < 4.78 is 0. The van der Waals surface area contributed by atoms with E-state index >= 15 is 0 Å². The molecule has 0 fully saturated rings. The number of hydrogen-bond acceptors (Lipinski definition) is 0. The molecule has 281 valence electrons. The van der Waals surface area contributed by atoms with Crippen molar-refractivity contribution in [2.75, 3.05) is 0 Å². The Labute approximate surface area is 651 Å². The highest BCUT2D eigenvalue weighted by molar-refractivity contribution is 8.32. The highest BCUT2D eigenvalue weighted by atomic mass is 13.7. The Bertz CT molecular complexity index is 1520.